The minimum Gasteiger partial charge on any atom is -0.482 e. The molecule has 1 heterocycles. The summed E-state index contributed by atoms with van der Waals surface area (Å²) in [4.78, 5) is 30.7. The van der Waals surface area contributed by atoms with Gasteiger partial charge in [0, 0.05) is 18.7 Å². The van der Waals surface area contributed by atoms with E-state index >= 15 is 0 Å². The summed E-state index contributed by atoms with van der Waals surface area (Å²) in [7, 11) is 0. The van der Waals surface area contributed by atoms with Gasteiger partial charge in [-0.25, -0.2) is 0 Å². The Morgan fingerprint density at radius 1 is 1.03 bits per heavy atom. The lowest BCUT2D eigenvalue weighted by atomic mass is 9.89. The van der Waals surface area contributed by atoms with Crippen molar-refractivity contribution in [1.29, 1.82) is 0 Å². The predicted molar refractivity (Wildman–Crippen MR) is 157 cm³/mol. The molecule has 0 spiro atoms. The zero-order valence-electron chi connectivity index (χ0n) is 24.0. The Kier molecular flexibility index (Phi) is 10.6. The van der Waals surface area contributed by atoms with Crippen molar-refractivity contribution >= 4 is 17.9 Å². The average Bonchev–Trinajstić information content (AvgIpc) is 2.96. The van der Waals surface area contributed by atoms with Crippen LogP contribution in [0.4, 0.5) is 0 Å². The number of carbonyl (C=O) groups excluding carboxylic acids is 2. The highest BCUT2D eigenvalue weighted by Crippen LogP contribution is 2.34. The number of hydrogen-bond donors (Lipinski definition) is 1. The van der Waals surface area contributed by atoms with E-state index in [4.69, 9.17) is 4.74 Å². The molecule has 2 unspecified atom stereocenters. The first kappa shape index (κ1) is 28.9. The molecule has 6 nitrogen and oxygen atoms in total. The van der Waals surface area contributed by atoms with Crippen LogP contribution in [0.3, 0.4) is 0 Å². The number of nitrogens with zero attached hydrogens (tertiary/aromatic N) is 2. The summed E-state index contributed by atoms with van der Waals surface area (Å²) in [6.07, 6.45) is 9.41. The molecule has 2 atom stereocenters. The largest absolute Gasteiger partial charge is 0.482 e. The number of nitrogens with one attached hydrogen (secondary N) is 1. The maximum atomic E-state index is 13.6. The number of hydrogen-bond acceptors (Lipinski definition) is 4. The SMILES string of the molecule is CCCCN(CC)CCCNC(=O)c1ccc(/C=C2/OC3CCCCC3N(Cc3ccc(C)cc3)C2=O)cc1. The number of carbonyl (C=O) groups is 2. The summed E-state index contributed by atoms with van der Waals surface area (Å²) >= 11 is 0. The summed E-state index contributed by atoms with van der Waals surface area (Å²) in [6.45, 7) is 10.9. The van der Waals surface area contributed by atoms with Crippen molar-refractivity contribution in [2.24, 2.45) is 0 Å². The van der Waals surface area contributed by atoms with Gasteiger partial charge >= 0.3 is 0 Å². The Labute approximate surface area is 234 Å². The molecular weight excluding hydrogens is 486 g/mol. The van der Waals surface area contributed by atoms with E-state index in [2.05, 4.69) is 55.3 Å². The Morgan fingerprint density at radius 3 is 2.46 bits per heavy atom. The van der Waals surface area contributed by atoms with E-state index in [0.29, 0.717) is 24.4 Å². The smallest absolute Gasteiger partial charge is 0.289 e. The summed E-state index contributed by atoms with van der Waals surface area (Å²) in [6, 6.07) is 15.9. The van der Waals surface area contributed by atoms with Crippen LogP contribution in [0.5, 0.6) is 0 Å². The van der Waals surface area contributed by atoms with Gasteiger partial charge in [-0.1, -0.05) is 68.7 Å². The highest BCUT2D eigenvalue weighted by Gasteiger charge is 2.41. The number of morpholine rings is 1. The monoisotopic (exact) mass is 531 g/mol. The van der Waals surface area contributed by atoms with Crippen LogP contribution in [-0.4, -0.2) is 59.9 Å². The zero-order chi connectivity index (χ0) is 27.6. The molecule has 2 aromatic carbocycles. The molecule has 2 aliphatic rings. The topological polar surface area (TPSA) is 61.9 Å². The van der Waals surface area contributed by atoms with Crippen LogP contribution in [0.1, 0.15) is 85.8 Å². The fourth-order valence-electron chi connectivity index (χ4n) is 5.55. The van der Waals surface area contributed by atoms with Crippen LogP contribution in [0.25, 0.3) is 6.08 Å². The molecule has 1 aliphatic heterocycles. The second-order valence-electron chi connectivity index (χ2n) is 11.0. The fraction of sp³-hybridized carbons (Fsp3) is 0.515. The van der Waals surface area contributed by atoms with Crippen LogP contribution < -0.4 is 5.32 Å². The van der Waals surface area contributed by atoms with Crippen molar-refractivity contribution in [2.45, 2.75) is 84.4 Å². The molecule has 210 valence electrons. The first-order valence-corrected chi connectivity index (χ1v) is 14.8. The van der Waals surface area contributed by atoms with Crippen molar-refractivity contribution in [2.75, 3.05) is 26.2 Å². The van der Waals surface area contributed by atoms with Gasteiger partial charge in [0.1, 0.15) is 6.10 Å². The summed E-state index contributed by atoms with van der Waals surface area (Å²) in [5.74, 6) is 0.275. The maximum Gasteiger partial charge on any atom is 0.289 e. The van der Waals surface area contributed by atoms with Gasteiger partial charge in [0.05, 0.1) is 6.04 Å². The van der Waals surface area contributed by atoms with Gasteiger partial charge in [-0.05, 0) is 88.0 Å². The Hall–Kier alpha value is -3.12. The summed E-state index contributed by atoms with van der Waals surface area (Å²) < 4.78 is 6.28. The van der Waals surface area contributed by atoms with Gasteiger partial charge in [0.25, 0.3) is 11.8 Å². The second kappa shape index (κ2) is 14.3. The van der Waals surface area contributed by atoms with Crippen molar-refractivity contribution < 1.29 is 14.3 Å². The molecule has 1 aliphatic carbocycles. The number of benzene rings is 2. The number of unbranched alkanes of at least 4 members (excludes halogenated alkanes) is 1. The molecule has 0 bridgehead atoms. The van der Waals surface area contributed by atoms with Crippen molar-refractivity contribution in [3.05, 3.63) is 76.5 Å². The lowest BCUT2D eigenvalue weighted by molar-refractivity contribution is -0.149. The van der Waals surface area contributed by atoms with E-state index in [1.807, 2.05) is 35.2 Å². The molecule has 1 saturated heterocycles. The Morgan fingerprint density at radius 2 is 1.74 bits per heavy atom. The quantitative estimate of drug-likeness (QED) is 0.272. The standard InChI is InChI=1S/C33H45N3O3/c1-4-6-21-35(5-2)22-9-20-34-32(37)28-18-16-26(17-19-28)23-31-33(38)36(24-27-14-12-25(3)13-15-27)29-10-7-8-11-30(29)39-31/h12-19,23,29-30H,4-11,20-22,24H2,1-3H3,(H,34,37)/b31-23+. The molecule has 0 aromatic heterocycles. The van der Waals surface area contributed by atoms with E-state index in [-0.39, 0.29) is 24.0 Å². The molecule has 6 heteroatoms. The van der Waals surface area contributed by atoms with Crippen LogP contribution in [0, 0.1) is 6.92 Å². The Bertz CT molecular complexity index is 1110. The molecular formula is C33H45N3O3. The third-order valence-electron chi connectivity index (χ3n) is 7.97. The lowest BCUT2D eigenvalue weighted by Gasteiger charge is -2.44. The van der Waals surface area contributed by atoms with Crippen LogP contribution >= 0.6 is 0 Å². The zero-order valence-corrected chi connectivity index (χ0v) is 24.0. The molecule has 2 aromatic rings. The minimum atomic E-state index is -0.0647. The van der Waals surface area contributed by atoms with Crippen LogP contribution in [0.15, 0.2) is 54.3 Å². The highest BCUT2D eigenvalue weighted by molar-refractivity contribution is 5.97. The first-order valence-electron chi connectivity index (χ1n) is 14.8. The minimum absolute atomic E-state index is 0.0313. The van der Waals surface area contributed by atoms with Crippen molar-refractivity contribution in [3.63, 3.8) is 0 Å². The van der Waals surface area contributed by atoms with Gasteiger partial charge in [-0.15, -0.1) is 0 Å². The highest BCUT2D eigenvalue weighted by atomic mass is 16.5. The number of amides is 2. The van der Waals surface area contributed by atoms with Gasteiger partial charge in [0.15, 0.2) is 5.76 Å². The van der Waals surface area contributed by atoms with Gasteiger partial charge in [0.2, 0.25) is 0 Å². The molecule has 1 N–H and O–H groups in total. The number of ether oxygens (including phenoxy) is 1. The third kappa shape index (κ3) is 7.95. The molecule has 2 fully saturated rings. The van der Waals surface area contributed by atoms with Crippen LogP contribution in [-0.2, 0) is 16.1 Å². The number of fused-ring (bicyclic) bond motifs is 1. The van der Waals surface area contributed by atoms with E-state index < -0.39 is 0 Å². The second-order valence-corrected chi connectivity index (χ2v) is 11.0. The third-order valence-corrected chi connectivity index (χ3v) is 7.97. The van der Waals surface area contributed by atoms with E-state index in [0.717, 1.165) is 62.9 Å². The normalized spacial score (nSPS) is 20.2. The number of aryl methyl sites for hydroxylation is 1. The van der Waals surface area contributed by atoms with Crippen molar-refractivity contribution in [3.8, 4) is 0 Å². The van der Waals surface area contributed by atoms with Gasteiger partial charge < -0.3 is 19.9 Å². The summed E-state index contributed by atoms with van der Waals surface area (Å²) in [5.41, 5.74) is 3.83. The van der Waals surface area contributed by atoms with E-state index in [9.17, 15) is 9.59 Å². The van der Waals surface area contributed by atoms with E-state index in [1.54, 1.807) is 0 Å². The number of rotatable bonds is 12. The lowest BCUT2D eigenvalue weighted by Crippen LogP contribution is -2.54. The molecule has 2 amide bonds. The van der Waals surface area contributed by atoms with E-state index in [1.165, 1.54) is 18.4 Å². The predicted octanol–water partition coefficient (Wildman–Crippen LogP) is 5.95. The van der Waals surface area contributed by atoms with Crippen LogP contribution in [0.2, 0.25) is 0 Å². The average molecular weight is 532 g/mol. The molecule has 1 saturated carbocycles. The molecule has 0 radical (unpaired) electrons. The Balaban J connectivity index is 1.37. The van der Waals surface area contributed by atoms with Crippen molar-refractivity contribution in [1.82, 2.24) is 15.1 Å². The van der Waals surface area contributed by atoms with Gasteiger partial charge in [-0.2, -0.15) is 0 Å². The summed E-state index contributed by atoms with van der Waals surface area (Å²) in [5, 5.41) is 3.04. The van der Waals surface area contributed by atoms with Gasteiger partial charge in [-0.3, -0.25) is 9.59 Å². The fourth-order valence-corrected chi connectivity index (χ4v) is 5.55. The first-order chi connectivity index (χ1) is 19.0. The molecule has 39 heavy (non-hydrogen) atoms. The maximum absolute atomic E-state index is 13.6. The molecule has 4 rings (SSSR count).